The molecule has 1 aliphatic heterocycles. The number of benzene rings is 1. The molecule has 0 N–H and O–H groups in total. The highest BCUT2D eigenvalue weighted by molar-refractivity contribution is 8.03. The monoisotopic (exact) mass is 204 g/mol. The van der Waals surface area contributed by atoms with Gasteiger partial charge in [-0.15, -0.1) is 11.8 Å². The van der Waals surface area contributed by atoms with Crippen molar-refractivity contribution < 1.29 is 0 Å². The summed E-state index contributed by atoms with van der Waals surface area (Å²) in [5.41, 5.74) is 1.45. The first-order chi connectivity index (χ1) is 6.95. The number of hydrogen-bond acceptors (Lipinski definition) is 1. The maximum absolute atomic E-state index is 2.42. The highest BCUT2D eigenvalue weighted by atomic mass is 32.2. The Hall–Kier alpha value is -0.690. The predicted molar refractivity (Wildman–Crippen MR) is 64.5 cm³/mol. The van der Waals surface area contributed by atoms with Gasteiger partial charge in [0, 0.05) is 0 Å². The van der Waals surface area contributed by atoms with Gasteiger partial charge in [-0.2, -0.15) is 0 Å². The molecule has 1 fully saturated rings. The molecule has 0 bridgehead atoms. The van der Waals surface area contributed by atoms with E-state index in [-0.39, 0.29) is 0 Å². The third-order valence-corrected chi connectivity index (χ3v) is 3.74. The van der Waals surface area contributed by atoms with Gasteiger partial charge in [0.1, 0.15) is 0 Å². The minimum Gasteiger partial charge on any atom is -0.131 e. The average Bonchev–Trinajstić information content (AvgIpc) is 2.72. The maximum atomic E-state index is 2.42. The lowest BCUT2D eigenvalue weighted by molar-refractivity contribution is 0.958. The number of allylic oxidation sites excluding steroid dienone is 2. The smallest absolute Gasteiger partial charge is 0.00200 e. The predicted octanol–water partition coefficient (Wildman–Crippen LogP) is 4.03. The lowest BCUT2D eigenvalue weighted by atomic mass is 10.1. The third-order valence-electron chi connectivity index (χ3n) is 2.50. The molecule has 1 aliphatic rings. The van der Waals surface area contributed by atoms with E-state index in [4.69, 9.17) is 0 Å². The minimum absolute atomic E-state index is 1.19. The summed E-state index contributed by atoms with van der Waals surface area (Å²) in [4.78, 5) is 1.61. The summed E-state index contributed by atoms with van der Waals surface area (Å²) in [7, 11) is 0. The van der Waals surface area contributed by atoms with Gasteiger partial charge in [-0.05, 0) is 41.9 Å². The topological polar surface area (TPSA) is 0 Å². The van der Waals surface area contributed by atoms with Crippen LogP contribution in [0.3, 0.4) is 0 Å². The van der Waals surface area contributed by atoms with E-state index in [0.29, 0.717) is 0 Å². The van der Waals surface area contributed by atoms with E-state index in [2.05, 4.69) is 36.4 Å². The standard InChI is InChI=1S/C13H16S/c1-2-6-12(7-3-1)8-4-9-13-10-5-11-14-13/h1-3,6-7,9H,4-5,8,10-11H2/b13-9+. The molecule has 0 aliphatic carbocycles. The van der Waals surface area contributed by atoms with E-state index in [1.807, 2.05) is 11.8 Å². The first-order valence-corrected chi connectivity index (χ1v) is 6.29. The summed E-state index contributed by atoms with van der Waals surface area (Å²) >= 11 is 2.04. The van der Waals surface area contributed by atoms with Gasteiger partial charge in [0.05, 0.1) is 0 Å². The van der Waals surface area contributed by atoms with Crippen molar-refractivity contribution in [3.8, 4) is 0 Å². The largest absolute Gasteiger partial charge is 0.131 e. The Bertz CT molecular complexity index is 292. The summed E-state index contributed by atoms with van der Waals surface area (Å²) in [6.07, 6.45) is 7.50. The van der Waals surface area contributed by atoms with Crippen LogP contribution in [0.2, 0.25) is 0 Å². The molecule has 74 valence electrons. The van der Waals surface area contributed by atoms with Crippen molar-refractivity contribution in [1.82, 2.24) is 0 Å². The van der Waals surface area contributed by atoms with Gasteiger partial charge < -0.3 is 0 Å². The van der Waals surface area contributed by atoms with Crippen LogP contribution in [-0.4, -0.2) is 5.75 Å². The lowest BCUT2D eigenvalue weighted by Gasteiger charge is -1.98. The summed E-state index contributed by atoms with van der Waals surface area (Å²) in [6, 6.07) is 10.7. The molecule has 14 heavy (non-hydrogen) atoms. The molecule has 0 amide bonds. The van der Waals surface area contributed by atoms with Crippen LogP contribution < -0.4 is 0 Å². The molecule has 0 aromatic heterocycles. The van der Waals surface area contributed by atoms with Crippen LogP contribution in [0.4, 0.5) is 0 Å². The molecular formula is C13H16S. The fraction of sp³-hybridized carbons (Fsp3) is 0.385. The zero-order valence-corrected chi connectivity index (χ0v) is 9.22. The van der Waals surface area contributed by atoms with E-state index >= 15 is 0 Å². The fourth-order valence-corrected chi connectivity index (χ4v) is 2.80. The van der Waals surface area contributed by atoms with Gasteiger partial charge >= 0.3 is 0 Å². The quantitative estimate of drug-likeness (QED) is 0.716. The second-order valence-electron chi connectivity index (χ2n) is 3.65. The van der Waals surface area contributed by atoms with Crippen molar-refractivity contribution in [3.05, 3.63) is 46.9 Å². The van der Waals surface area contributed by atoms with Gasteiger partial charge in [0.25, 0.3) is 0 Å². The van der Waals surface area contributed by atoms with Crippen molar-refractivity contribution in [2.45, 2.75) is 25.7 Å². The highest BCUT2D eigenvalue weighted by Crippen LogP contribution is 2.30. The zero-order valence-electron chi connectivity index (χ0n) is 8.41. The van der Waals surface area contributed by atoms with Crippen LogP contribution in [0.15, 0.2) is 41.3 Å². The zero-order chi connectivity index (χ0) is 9.64. The van der Waals surface area contributed by atoms with Crippen molar-refractivity contribution in [3.63, 3.8) is 0 Å². The fourth-order valence-electron chi connectivity index (χ4n) is 1.73. The van der Waals surface area contributed by atoms with Gasteiger partial charge in [-0.3, -0.25) is 0 Å². The van der Waals surface area contributed by atoms with Crippen LogP contribution in [0.5, 0.6) is 0 Å². The Balaban J connectivity index is 1.80. The van der Waals surface area contributed by atoms with E-state index in [1.54, 1.807) is 4.91 Å². The van der Waals surface area contributed by atoms with Crippen molar-refractivity contribution in [2.75, 3.05) is 5.75 Å². The van der Waals surface area contributed by atoms with Crippen molar-refractivity contribution in [2.24, 2.45) is 0 Å². The number of rotatable bonds is 3. The van der Waals surface area contributed by atoms with E-state index < -0.39 is 0 Å². The minimum atomic E-state index is 1.19. The molecule has 1 aromatic carbocycles. The Morgan fingerprint density at radius 3 is 2.79 bits per heavy atom. The highest BCUT2D eigenvalue weighted by Gasteiger charge is 2.05. The molecule has 2 rings (SSSR count). The molecule has 0 atom stereocenters. The molecular weight excluding hydrogens is 188 g/mol. The van der Waals surface area contributed by atoms with Crippen LogP contribution >= 0.6 is 11.8 Å². The van der Waals surface area contributed by atoms with Gasteiger partial charge in [-0.1, -0.05) is 36.4 Å². The van der Waals surface area contributed by atoms with E-state index in [1.165, 1.54) is 37.0 Å². The molecule has 1 heterocycles. The summed E-state index contributed by atoms with van der Waals surface area (Å²) < 4.78 is 0. The van der Waals surface area contributed by atoms with E-state index in [9.17, 15) is 0 Å². The Morgan fingerprint density at radius 2 is 2.07 bits per heavy atom. The molecule has 0 saturated carbocycles. The molecule has 0 nitrogen and oxygen atoms in total. The Labute approximate surface area is 90.4 Å². The SMILES string of the molecule is C(/CCc1ccccc1)=C1/CCCS1. The van der Waals surface area contributed by atoms with Crippen LogP contribution in [-0.2, 0) is 6.42 Å². The van der Waals surface area contributed by atoms with Crippen LogP contribution in [0.25, 0.3) is 0 Å². The Morgan fingerprint density at radius 1 is 1.21 bits per heavy atom. The molecule has 0 unspecified atom stereocenters. The number of hydrogen-bond donors (Lipinski definition) is 0. The van der Waals surface area contributed by atoms with E-state index in [0.717, 1.165) is 0 Å². The Kier molecular flexibility index (Phi) is 3.70. The normalized spacial score (nSPS) is 19.0. The summed E-state index contributed by atoms with van der Waals surface area (Å²) in [5.74, 6) is 1.33. The molecule has 0 spiro atoms. The van der Waals surface area contributed by atoms with Crippen molar-refractivity contribution >= 4 is 11.8 Å². The molecule has 1 aromatic rings. The molecule has 0 radical (unpaired) electrons. The second kappa shape index (κ2) is 5.26. The average molecular weight is 204 g/mol. The summed E-state index contributed by atoms with van der Waals surface area (Å²) in [5, 5.41) is 0. The second-order valence-corrected chi connectivity index (χ2v) is 4.87. The first-order valence-electron chi connectivity index (χ1n) is 5.31. The maximum Gasteiger partial charge on any atom is -0.00200 e. The third kappa shape index (κ3) is 2.91. The molecule has 1 saturated heterocycles. The summed E-state index contributed by atoms with van der Waals surface area (Å²) in [6.45, 7) is 0. The van der Waals surface area contributed by atoms with Crippen LogP contribution in [0.1, 0.15) is 24.8 Å². The van der Waals surface area contributed by atoms with Crippen LogP contribution in [0, 0.1) is 0 Å². The molecule has 1 heteroatoms. The first kappa shape index (κ1) is 9.85. The van der Waals surface area contributed by atoms with Crippen molar-refractivity contribution in [1.29, 1.82) is 0 Å². The number of aryl methyl sites for hydroxylation is 1. The van der Waals surface area contributed by atoms with Gasteiger partial charge in [0.2, 0.25) is 0 Å². The lowest BCUT2D eigenvalue weighted by Crippen LogP contribution is -1.82. The van der Waals surface area contributed by atoms with Gasteiger partial charge in [0.15, 0.2) is 0 Å². The van der Waals surface area contributed by atoms with Gasteiger partial charge in [-0.25, -0.2) is 0 Å². The number of thioether (sulfide) groups is 1.